The third-order valence-corrected chi connectivity index (χ3v) is 7.20. The molecule has 0 saturated heterocycles. The summed E-state index contributed by atoms with van der Waals surface area (Å²) < 4.78 is 49.1. The van der Waals surface area contributed by atoms with Crippen molar-refractivity contribution in [2.45, 2.75) is 49.3 Å². The van der Waals surface area contributed by atoms with Crippen molar-refractivity contribution < 1.29 is 36.0 Å². The standard InChI is InChI=1S/C22H28N6O8S2/c1-15(29)23-17-7-11-19(12-8-17)37(33,34)27-25-21(31)5-3-4-6-22(32)26-28-38(35,36)20-13-9-18(10-14-20)24-16(2)30/h7-14,27-28H,3-6H2,1-2H3,(H,23,29)(H,24,30)(H,25,31)(H,26,32). The quantitative estimate of drug-likeness (QED) is 0.148. The molecule has 14 nitrogen and oxygen atoms in total. The summed E-state index contributed by atoms with van der Waals surface area (Å²) >= 11 is 0. The summed E-state index contributed by atoms with van der Waals surface area (Å²) in [5.74, 6) is -1.88. The molecule has 4 amide bonds. The zero-order valence-corrected chi connectivity index (χ0v) is 22.2. The van der Waals surface area contributed by atoms with Crippen LogP contribution in [0.4, 0.5) is 11.4 Å². The maximum absolute atomic E-state index is 12.3. The van der Waals surface area contributed by atoms with Gasteiger partial charge in [0.15, 0.2) is 0 Å². The van der Waals surface area contributed by atoms with Gasteiger partial charge in [-0.25, -0.2) is 16.8 Å². The first kappa shape index (κ1) is 30.4. The lowest BCUT2D eigenvalue weighted by molar-refractivity contribution is -0.123. The van der Waals surface area contributed by atoms with Gasteiger partial charge in [-0.2, -0.15) is 0 Å². The van der Waals surface area contributed by atoms with Gasteiger partial charge in [0.25, 0.3) is 20.0 Å². The van der Waals surface area contributed by atoms with Crippen LogP contribution in [0.15, 0.2) is 58.3 Å². The highest BCUT2D eigenvalue weighted by Gasteiger charge is 2.17. The Bertz CT molecular complexity index is 1270. The molecule has 6 N–H and O–H groups in total. The topological polar surface area (TPSA) is 209 Å². The fourth-order valence-corrected chi connectivity index (χ4v) is 4.62. The van der Waals surface area contributed by atoms with Crippen molar-refractivity contribution in [3.05, 3.63) is 48.5 Å². The molecule has 0 aliphatic carbocycles. The van der Waals surface area contributed by atoms with Crippen LogP contribution in [0, 0.1) is 0 Å². The number of amides is 4. The third kappa shape index (κ3) is 10.3. The fourth-order valence-electron chi connectivity index (χ4n) is 2.90. The van der Waals surface area contributed by atoms with Crippen molar-refractivity contribution >= 4 is 55.1 Å². The van der Waals surface area contributed by atoms with Crippen LogP contribution in [0.1, 0.15) is 39.5 Å². The molecule has 0 radical (unpaired) electrons. The van der Waals surface area contributed by atoms with Crippen molar-refractivity contribution in [3.63, 3.8) is 0 Å². The highest BCUT2D eigenvalue weighted by Crippen LogP contribution is 2.14. The number of anilines is 2. The second-order valence-electron chi connectivity index (χ2n) is 7.93. The number of benzene rings is 2. The van der Waals surface area contributed by atoms with Crippen molar-refractivity contribution in [1.82, 2.24) is 20.5 Å². The molecule has 0 aliphatic rings. The van der Waals surface area contributed by atoms with Crippen molar-refractivity contribution in [3.8, 4) is 0 Å². The van der Waals surface area contributed by atoms with Gasteiger partial charge in [-0.15, -0.1) is 9.66 Å². The van der Waals surface area contributed by atoms with Crippen LogP contribution in [-0.2, 0) is 39.2 Å². The fraction of sp³-hybridized carbons (Fsp3) is 0.273. The zero-order chi connectivity index (χ0) is 28.3. The van der Waals surface area contributed by atoms with Gasteiger partial charge in [0.1, 0.15) is 0 Å². The minimum atomic E-state index is -4.04. The van der Waals surface area contributed by atoms with Crippen LogP contribution in [0.25, 0.3) is 0 Å². The number of carbonyl (C=O) groups excluding carboxylic acids is 4. The van der Waals surface area contributed by atoms with Crippen LogP contribution in [-0.4, -0.2) is 40.5 Å². The number of hydrogen-bond donors (Lipinski definition) is 6. The minimum absolute atomic E-state index is 0.0936. The molecular weight excluding hydrogens is 540 g/mol. The summed E-state index contributed by atoms with van der Waals surface area (Å²) in [7, 11) is -8.08. The molecule has 2 aromatic rings. The number of nitrogens with one attached hydrogen (secondary N) is 6. The first-order valence-electron chi connectivity index (χ1n) is 11.1. The molecule has 0 aromatic heterocycles. The molecule has 0 fully saturated rings. The molecular formula is C22H28N6O8S2. The van der Waals surface area contributed by atoms with Gasteiger partial charge in [-0.1, -0.05) is 0 Å². The molecule has 206 valence electrons. The lowest BCUT2D eigenvalue weighted by atomic mass is 10.2. The van der Waals surface area contributed by atoms with E-state index in [4.69, 9.17) is 0 Å². The van der Waals surface area contributed by atoms with Gasteiger partial charge in [0.2, 0.25) is 23.6 Å². The smallest absolute Gasteiger partial charge is 0.257 e. The Morgan fingerprint density at radius 3 is 1.18 bits per heavy atom. The van der Waals surface area contributed by atoms with E-state index < -0.39 is 31.9 Å². The van der Waals surface area contributed by atoms with E-state index in [1.165, 1.54) is 62.4 Å². The molecule has 0 atom stereocenters. The van der Waals surface area contributed by atoms with Gasteiger partial charge in [-0.05, 0) is 61.4 Å². The van der Waals surface area contributed by atoms with Crippen molar-refractivity contribution in [2.75, 3.05) is 10.6 Å². The summed E-state index contributed by atoms with van der Waals surface area (Å²) in [6.45, 7) is 2.63. The van der Waals surface area contributed by atoms with Gasteiger partial charge in [-0.3, -0.25) is 30.0 Å². The largest absolute Gasteiger partial charge is 0.326 e. The molecule has 0 heterocycles. The SMILES string of the molecule is CC(=O)Nc1ccc(S(=O)(=O)NNC(=O)CCCCC(=O)NNS(=O)(=O)c2ccc(NC(C)=O)cc2)cc1. The lowest BCUT2D eigenvalue weighted by Crippen LogP contribution is -2.42. The number of rotatable bonds is 13. The first-order valence-corrected chi connectivity index (χ1v) is 14.1. The Kier molecular flexibility index (Phi) is 10.9. The minimum Gasteiger partial charge on any atom is -0.326 e. The van der Waals surface area contributed by atoms with E-state index in [2.05, 4.69) is 21.5 Å². The normalized spacial score (nSPS) is 11.3. The molecule has 0 spiro atoms. The molecule has 2 rings (SSSR count). The lowest BCUT2D eigenvalue weighted by Gasteiger charge is -2.10. The molecule has 0 bridgehead atoms. The second-order valence-corrected chi connectivity index (χ2v) is 11.3. The predicted molar refractivity (Wildman–Crippen MR) is 137 cm³/mol. The highest BCUT2D eigenvalue weighted by molar-refractivity contribution is 7.89. The molecule has 16 heteroatoms. The van der Waals surface area contributed by atoms with Crippen LogP contribution in [0.2, 0.25) is 0 Å². The van der Waals surface area contributed by atoms with Crippen LogP contribution >= 0.6 is 0 Å². The number of hydrazine groups is 2. The first-order chi connectivity index (χ1) is 17.8. The van der Waals surface area contributed by atoms with E-state index in [9.17, 15) is 36.0 Å². The Morgan fingerprint density at radius 2 is 0.895 bits per heavy atom. The Morgan fingerprint density at radius 1 is 0.579 bits per heavy atom. The molecule has 0 aliphatic heterocycles. The molecule has 38 heavy (non-hydrogen) atoms. The average molecular weight is 569 g/mol. The summed E-state index contributed by atoms with van der Waals surface area (Å²) in [4.78, 5) is 49.6. The van der Waals surface area contributed by atoms with Crippen LogP contribution in [0.3, 0.4) is 0 Å². The zero-order valence-electron chi connectivity index (χ0n) is 20.5. The number of sulfonamides is 2. The number of carbonyl (C=O) groups is 4. The summed E-state index contributed by atoms with van der Waals surface area (Å²) in [5, 5.41) is 5.00. The van der Waals surface area contributed by atoms with Gasteiger partial charge >= 0.3 is 0 Å². The van der Waals surface area contributed by atoms with Gasteiger partial charge < -0.3 is 10.6 Å². The highest BCUT2D eigenvalue weighted by atomic mass is 32.2. The summed E-state index contributed by atoms with van der Waals surface area (Å²) in [6, 6.07) is 10.6. The second kappa shape index (κ2) is 13.6. The average Bonchev–Trinajstić information content (AvgIpc) is 2.84. The Hall–Kier alpha value is -3.86. The van der Waals surface area contributed by atoms with Crippen LogP contribution in [0.5, 0.6) is 0 Å². The van der Waals surface area contributed by atoms with E-state index >= 15 is 0 Å². The van der Waals surface area contributed by atoms with Crippen LogP contribution < -0.4 is 31.1 Å². The monoisotopic (exact) mass is 568 g/mol. The van der Waals surface area contributed by atoms with E-state index in [1.807, 2.05) is 9.66 Å². The molecule has 0 saturated carbocycles. The van der Waals surface area contributed by atoms with E-state index in [-0.39, 0.29) is 47.3 Å². The predicted octanol–water partition coefficient (Wildman–Crippen LogP) is 0.483. The third-order valence-electron chi connectivity index (χ3n) is 4.68. The van der Waals surface area contributed by atoms with E-state index in [0.717, 1.165) is 0 Å². The maximum Gasteiger partial charge on any atom is 0.257 e. The van der Waals surface area contributed by atoms with Crippen molar-refractivity contribution in [2.24, 2.45) is 0 Å². The molecule has 0 unspecified atom stereocenters. The van der Waals surface area contributed by atoms with Gasteiger partial charge in [0.05, 0.1) is 9.79 Å². The van der Waals surface area contributed by atoms with Crippen molar-refractivity contribution in [1.29, 1.82) is 0 Å². The van der Waals surface area contributed by atoms with E-state index in [1.54, 1.807) is 0 Å². The number of unbranched alkanes of at least 4 members (excludes halogenated alkanes) is 1. The Balaban J connectivity index is 1.70. The Labute approximate surface area is 220 Å². The summed E-state index contributed by atoms with van der Waals surface area (Å²) in [5.41, 5.74) is 4.97. The summed E-state index contributed by atoms with van der Waals surface area (Å²) in [6.07, 6.45) is 0.265. The molecule has 2 aromatic carbocycles. The van der Waals surface area contributed by atoms with E-state index in [0.29, 0.717) is 11.4 Å². The van der Waals surface area contributed by atoms with Gasteiger partial charge in [0, 0.05) is 38.1 Å². The number of hydrogen-bond acceptors (Lipinski definition) is 8. The maximum atomic E-state index is 12.3.